The van der Waals surface area contributed by atoms with Crippen LogP contribution in [0.1, 0.15) is 32.6 Å². The van der Waals surface area contributed by atoms with E-state index in [1.54, 1.807) is 0 Å². The van der Waals surface area contributed by atoms with Gasteiger partial charge in [-0.05, 0) is 31.1 Å². The van der Waals surface area contributed by atoms with E-state index in [1.165, 1.54) is 25.7 Å². The van der Waals surface area contributed by atoms with Crippen molar-refractivity contribution in [2.24, 2.45) is 11.8 Å². The molecule has 0 nitrogen and oxygen atoms in total. The van der Waals surface area contributed by atoms with Crippen LogP contribution in [0.3, 0.4) is 0 Å². The lowest BCUT2D eigenvalue weighted by Gasteiger charge is -2.18. The molecule has 0 amide bonds. The predicted octanol–water partition coefficient (Wildman–Crippen LogP) is 4.98. The Hall–Kier alpha value is 1.44. The molecule has 0 heterocycles. The number of hydrogen-bond acceptors (Lipinski definition) is 0. The van der Waals surface area contributed by atoms with Crippen molar-refractivity contribution in [2.75, 3.05) is 16.0 Å². The summed E-state index contributed by atoms with van der Waals surface area (Å²) in [4.78, 5) is 0. The second kappa shape index (κ2) is 9.97. The molecule has 13 heavy (non-hydrogen) atoms. The Labute approximate surface area is 108 Å². The van der Waals surface area contributed by atoms with Gasteiger partial charge in [0.2, 0.25) is 0 Å². The lowest BCUT2D eigenvalue weighted by molar-refractivity contribution is 0.398. The van der Waals surface area contributed by atoms with Crippen LogP contribution in [0.5, 0.6) is 0 Å². The molecule has 0 fully saturated rings. The minimum Gasteiger partial charge on any atom is -0.0928 e. The minimum absolute atomic E-state index is 0.859. The Kier molecular flexibility index (Phi) is 11.1. The fourth-order valence-corrected chi connectivity index (χ4v) is 3.07. The molecule has 0 N–H and O–H groups in total. The van der Waals surface area contributed by atoms with E-state index in [0.29, 0.717) is 0 Å². The Morgan fingerprint density at radius 1 is 1.00 bits per heavy atom. The zero-order chi connectivity index (χ0) is 10.1. The van der Waals surface area contributed by atoms with E-state index in [1.807, 2.05) is 0 Å². The van der Waals surface area contributed by atoms with Crippen molar-refractivity contribution in [3.8, 4) is 0 Å². The maximum absolute atomic E-state index is 3.60. The average molecular weight is 379 g/mol. The molecule has 3 heteroatoms. The number of halogens is 3. The summed E-state index contributed by atoms with van der Waals surface area (Å²) in [6.07, 6.45) is 5.30. The Morgan fingerprint density at radius 3 is 2.00 bits per heavy atom. The van der Waals surface area contributed by atoms with Gasteiger partial charge in [-0.1, -0.05) is 61.1 Å². The smallest absolute Gasteiger partial charge is 0.00597 e. The number of rotatable bonds is 8. The SMILES string of the molecule is CCC(CBr)CC(CBr)CCCBr. The van der Waals surface area contributed by atoms with Gasteiger partial charge in [0.25, 0.3) is 0 Å². The van der Waals surface area contributed by atoms with Crippen molar-refractivity contribution < 1.29 is 0 Å². The van der Waals surface area contributed by atoms with Gasteiger partial charge in [-0.2, -0.15) is 0 Å². The van der Waals surface area contributed by atoms with E-state index in [2.05, 4.69) is 54.7 Å². The molecular weight excluding hydrogens is 360 g/mol. The normalized spacial score (nSPS) is 15.7. The van der Waals surface area contributed by atoms with Gasteiger partial charge < -0.3 is 0 Å². The summed E-state index contributed by atoms with van der Waals surface area (Å²) in [5.74, 6) is 1.72. The molecule has 0 aliphatic rings. The Bertz CT molecular complexity index is 102. The first-order valence-corrected chi connectivity index (χ1v) is 8.32. The molecule has 0 aliphatic heterocycles. The van der Waals surface area contributed by atoms with Crippen molar-refractivity contribution >= 4 is 47.8 Å². The van der Waals surface area contributed by atoms with Gasteiger partial charge in [-0.25, -0.2) is 0 Å². The van der Waals surface area contributed by atoms with Gasteiger partial charge in [0.15, 0.2) is 0 Å². The van der Waals surface area contributed by atoms with Crippen LogP contribution in [0.4, 0.5) is 0 Å². The third kappa shape index (κ3) is 7.38. The third-order valence-corrected chi connectivity index (χ3v) is 4.82. The second-order valence-corrected chi connectivity index (χ2v) is 5.60. The fourth-order valence-electron chi connectivity index (χ4n) is 1.43. The molecule has 2 atom stereocenters. The molecule has 0 saturated carbocycles. The molecular formula is C10H19Br3. The number of alkyl halides is 3. The average Bonchev–Trinajstić information content (AvgIpc) is 2.19. The highest BCUT2D eigenvalue weighted by Gasteiger charge is 2.12. The zero-order valence-corrected chi connectivity index (χ0v) is 13.0. The van der Waals surface area contributed by atoms with E-state index in [-0.39, 0.29) is 0 Å². The van der Waals surface area contributed by atoms with Crippen LogP contribution < -0.4 is 0 Å². The van der Waals surface area contributed by atoms with Crippen LogP contribution in [0.15, 0.2) is 0 Å². The maximum Gasteiger partial charge on any atom is 0.00597 e. The molecule has 0 aromatic heterocycles. The first-order valence-electron chi connectivity index (χ1n) is 4.96. The minimum atomic E-state index is 0.859. The lowest BCUT2D eigenvalue weighted by atomic mass is 9.92. The van der Waals surface area contributed by atoms with Crippen LogP contribution in [-0.2, 0) is 0 Å². The van der Waals surface area contributed by atoms with Crippen LogP contribution >= 0.6 is 47.8 Å². The highest BCUT2D eigenvalue weighted by Crippen LogP contribution is 2.23. The largest absolute Gasteiger partial charge is 0.0928 e. The van der Waals surface area contributed by atoms with Crippen molar-refractivity contribution in [1.82, 2.24) is 0 Å². The fraction of sp³-hybridized carbons (Fsp3) is 1.00. The van der Waals surface area contributed by atoms with Crippen molar-refractivity contribution in [3.63, 3.8) is 0 Å². The molecule has 0 spiro atoms. The van der Waals surface area contributed by atoms with Crippen molar-refractivity contribution in [2.45, 2.75) is 32.6 Å². The Morgan fingerprint density at radius 2 is 1.62 bits per heavy atom. The molecule has 0 radical (unpaired) electrons. The summed E-state index contributed by atoms with van der Waals surface area (Å²) < 4.78 is 0. The third-order valence-electron chi connectivity index (χ3n) is 2.43. The summed E-state index contributed by atoms with van der Waals surface area (Å²) >= 11 is 10.7. The highest BCUT2D eigenvalue weighted by molar-refractivity contribution is 9.09. The highest BCUT2D eigenvalue weighted by atomic mass is 79.9. The molecule has 0 saturated heterocycles. The van der Waals surface area contributed by atoms with E-state index in [9.17, 15) is 0 Å². The van der Waals surface area contributed by atoms with Gasteiger partial charge >= 0.3 is 0 Å². The van der Waals surface area contributed by atoms with Crippen LogP contribution in [0, 0.1) is 11.8 Å². The van der Waals surface area contributed by atoms with Gasteiger partial charge in [0, 0.05) is 16.0 Å². The first kappa shape index (κ1) is 14.4. The summed E-state index contributed by atoms with van der Waals surface area (Å²) in [6, 6.07) is 0. The first-order chi connectivity index (χ1) is 6.28. The molecule has 80 valence electrons. The van der Waals surface area contributed by atoms with Crippen molar-refractivity contribution in [3.05, 3.63) is 0 Å². The van der Waals surface area contributed by atoms with E-state index in [4.69, 9.17) is 0 Å². The molecule has 0 aromatic rings. The summed E-state index contributed by atoms with van der Waals surface area (Å²) in [6.45, 7) is 2.28. The molecule has 2 unspecified atom stereocenters. The van der Waals surface area contributed by atoms with E-state index >= 15 is 0 Å². The standard InChI is InChI=1S/C10H19Br3/c1-2-9(7-12)6-10(8-13)4-3-5-11/h9-10H,2-8H2,1H3. The zero-order valence-electron chi connectivity index (χ0n) is 8.24. The van der Waals surface area contributed by atoms with Gasteiger partial charge in [0.1, 0.15) is 0 Å². The molecule has 0 aromatic carbocycles. The van der Waals surface area contributed by atoms with Crippen LogP contribution in [-0.4, -0.2) is 16.0 Å². The lowest BCUT2D eigenvalue weighted by Crippen LogP contribution is -2.11. The molecule has 0 bridgehead atoms. The van der Waals surface area contributed by atoms with Gasteiger partial charge in [0.05, 0.1) is 0 Å². The van der Waals surface area contributed by atoms with Crippen molar-refractivity contribution in [1.29, 1.82) is 0 Å². The van der Waals surface area contributed by atoms with Gasteiger partial charge in [-0.3, -0.25) is 0 Å². The van der Waals surface area contributed by atoms with Gasteiger partial charge in [-0.15, -0.1) is 0 Å². The topological polar surface area (TPSA) is 0 Å². The Balaban J connectivity index is 3.67. The van der Waals surface area contributed by atoms with Crippen LogP contribution in [0.2, 0.25) is 0 Å². The second-order valence-electron chi connectivity index (χ2n) is 3.52. The monoisotopic (exact) mass is 376 g/mol. The molecule has 0 aliphatic carbocycles. The maximum atomic E-state index is 3.60. The molecule has 0 rings (SSSR count). The number of hydrogen-bond donors (Lipinski definition) is 0. The summed E-state index contributed by atoms with van der Waals surface area (Å²) in [5.41, 5.74) is 0. The summed E-state index contributed by atoms with van der Waals surface area (Å²) in [5, 5.41) is 3.45. The quantitative estimate of drug-likeness (QED) is 0.522. The van der Waals surface area contributed by atoms with Crippen LogP contribution in [0.25, 0.3) is 0 Å². The predicted molar refractivity (Wildman–Crippen MR) is 72.5 cm³/mol. The summed E-state index contributed by atoms with van der Waals surface area (Å²) in [7, 11) is 0. The van der Waals surface area contributed by atoms with E-state index < -0.39 is 0 Å². The van der Waals surface area contributed by atoms with E-state index in [0.717, 1.165) is 27.8 Å².